The van der Waals surface area contributed by atoms with Crippen molar-refractivity contribution in [1.82, 2.24) is 5.32 Å². The molecular formula is C21H29NO4. The van der Waals surface area contributed by atoms with Gasteiger partial charge in [0.2, 0.25) is 0 Å². The molecule has 0 radical (unpaired) electrons. The Balaban J connectivity index is 1.21. The van der Waals surface area contributed by atoms with Crippen LogP contribution in [0.15, 0.2) is 24.3 Å². The summed E-state index contributed by atoms with van der Waals surface area (Å²) in [5.41, 5.74) is 0.126. The standard InChI is InChI=1S/C21H29NO4/c23-17(12-26-20-4-2-1-3-18(20)21(24)25)10-22-11-19-15-6-13-5-14(8-15)9-16(19)7-13/h1-4,13-17,19,22-23H,5-12H2,(H,24,25). The van der Waals surface area contributed by atoms with Crippen LogP contribution in [0, 0.1) is 29.6 Å². The third-order valence-corrected chi connectivity index (χ3v) is 6.73. The first-order valence-corrected chi connectivity index (χ1v) is 9.94. The van der Waals surface area contributed by atoms with Crippen LogP contribution in [0.4, 0.5) is 0 Å². The molecule has 1 aromatic rings. The van der Waals surface area contributed by atoms with Crippen molar-refractivity contribution in [2.75, 3.05) is 19.7 Å². The lowest BCUT2D eigenvalue weighted by molar-refractivity contribution is -0.0364. The number of carboxylic acid groups (broad SMARTS) is 1. The minimum absolute atomic E-state index is 0.0962. The van der Waals surface area contributed by atoms with E-state index < -0.39 is 12.1 Å². The van der Waals surface area contributed by atoms with Crippen molar-refractivity contribution >= 4 is 5.97 Å². The highest BCUT2D eigenvalue weighted by molar-refractivity contribution is 5.90. The Kier molecular flexibility index (Phi) is 5.18. The number of carboxylic acids is 1. The molecule has 0 aromatic heterocycles. The third kappa shape index (κ3) is 3.74. The van der Waals surface area contributed by atoms with Gasteiger partial charge < -0.3 is 20.3 Å². The largest absolute Gasteiger partial charge is 0.490 e. The maximum absolute atomic E-state index is 11.2. The van der Waals surface area contributed by atoms with Gasteiger partial charge in [-0.1, -0.05) is 12.1 Å². The number of nitrogens with one attached hydrogen (secondary N) is 1. The van der Waals surface area contributed by atoms with Crippen LogP contribution in [0.1, 0.15) is 42.5 Å². The van der Waals surface area contributed by atoms with E-state index in [4.69, 9.17) is 9.84 Å². The van der Waals surface area contributed by atoms with Gasteiger partial charge in [-0.2, -0.15) is 0 Å². The number of aliphatic hydroxyl groups is 1. The number of rotatable bonds is 8. The number of para-hydroxylation sites is 1. The zero-order chi connectivity index (χ0) is 18.1. The molecule has 5 rings (SSSR count). The predicted octanol–water partition coefficient (Wildman–Crippen LogP) is 2.79. The Morgan fingerprint density at radius 1 is 1.12 bits per heavy atom. The molecule has 4 bridgehead atoms. The molecule has 0 amide bonds. The summed E-state index contributed by atoms with van der Waals surface area (Å²) in [7, 11) is 0. The highest BCUT2D eigenvalue weighted by Crippen LogP contribution is 2.56. The third-order valence-electron chi connectivity index (χ3n) is 6.73. The first kappa shape index (κ1) is 17.8. The van der Waals surface area contributed by atoms with Gasteiger partial charge in [0.25, 0.3) is 0 Å². The summed E-state index contributed by atoms with van der Waals surface area (Å²) in [4.78, 5) is 11.2. The molecule has 0 aliphatic heterocycles. The lowest BCUT2D eigenvalue weighted by atomic mass is 9.52. The Morgan fingerprint density at radius 3 is 2.42 bits per heavy atom. The molecule has 0 spiro atoms. The molecule has 142 valence electrons. The van der Waals surface area contributed by atoms with Crippen molar-refractivity contribution in [3.8, 4) is 5.75 Å². The predicted molar refractivity (Wildman–Crippen MR) is 98.3 cm³/mol. The van der Waals surface area contributed by atoms with Crippen LogP contribution in [0.2, 0.25) is 0 Å². The second-order valence-electron chi connectivity index (χ2n) is 8.52. The van der Waals surface area contributed by atoms with Crippen molar-refractivity contribution < 1.29 is 19.7 Å². The monoisotopic (exact) mass is 359 g/mol. The number of ether oxygens (including phenoxy) is 1. The van der Waals surface area contributed by atoms with Gasteiger partial charge in [-0.05, 0) is 80.4 Å². The van der Waals surface area contributed by atoms with Crippen LogP contribution < -0.4 is 10.1 Å². The van der Waals surface area contributed by atoms with Crippen LogP contribution in [-0.4, -0.2) is 42.0 Å². The first-order valence-electron chi connectivity index (χ1n) is 9.94. The fourth-order valence-corrected chi connectivity index (χ4v) is 5.80. The minimum Gasteiger partial charge on any atom is -0.490 e. The van der Waals surface area contributed by atoms with Gasteiger partial charge >= 0.3 is 5.97 Å². The maximum atomic E-state index is 11.2. The van der Waals surface area contributed by atoms with Crippen molar-refractivity contribution in [2.45, 2.75) is 38.2 Å². The van der Waals surface area contributed by atoms with E-state index in [0.717, 1.165) is 36.1 Å². The minimum atomic E-state index is -1.02. The second-order valence-corrected chi connectivity index (χ2v) is 8.52. The molecule has 3 N–H and O–H groups in total. The number of hydrogen-bond acceptors (Lipinski definition) is 4. The SMILES string of the molecule is O=C(O)c1ccccc1OCC(O)CNCC1C2CC3CC(C2)CC1C3. The fourth-order valence-electron chi connectivity index (χ4n) is 5.80. The molecule has 26 heavy (non-hydrogen) atoms. The van der Waals surface area contributed by atoms with E-state index in [1.54, 1.807) is 18.2 Å². The van der Waals surface area contributed by atoms with Gasteiger partial charge in [0.15, 0.2) is 0 Å². The van der Waals surface area contributed by atoms with Crippen LogP contribution in [0.5, 0.6) is 5.75 Å². The van der Waals surface area contributed by atoms with E-state index in [-0.39, 0.29) is 12.2 Å². The maximum Gasteiger partial charge on any atom is 0.339 e. The molecule has 4 fully saturated rings. The van der Waals surface area contributed by atoms with Gasteiger partial charge in [-0.3, -0.25) is 0 Å². The van der Waals surface area contributed by atoms with Gasteiger partial charge in [-0.15, -0.1) is 0 Å². The normalized spacial score (nSPS) is 33.2. The summed E-state index contributed by atoms with van der Waals surface area (Å²) in [6, 6.07) is 6.53. The average molecular weight is 359 g/mol. The molecule has 1 atom stereocenters. The van der Waals surface area contributed by atoms with Gasteiger partial charge in [-0.25, -0.2) is 4.79 Å². The fraction of sp³-hybridized carbons (Fsp3) is 0.667. The highest BCUT2D eigenvalue weighted by atomic mass is 16.5. The van der Waals surface area contributed by atoms with E-state index in [2.05, 4.69) is 5.32 Å². The number of aliphatic hydroxyl groups excluding tert-OH is 1. The van der Waals surface area contributed by atoms with Gasteiger partial charge in [0, 0.05) is 6.54 Å². The smallest absolute Gasteiger partial charge is 0.339 e. The van der Waals surface area contributed by atoms with Crippen LogP contribution in [0.3, 0.4) is 0 Å². The zero-order valence-electron chi connectivity index (χ0n) is 15.1. The topological polar surface area (TPSA) is 78.8 Å². The number of benzene rings is 1. The molecular weight excluding hydrogens is 330 g/mol. The molecule has 0 saturated heterocycles. The molecule has 0 heterocycles. The van der Waals surface area contributed by atoms with Crippen molar-refractivity contribution in [1.29, 1.82) is 0 Å². The molecule has 5 nitrogen and oxygen atoms in total. The second kappa shape index (κ2) is 7.57. The quantitative estimate of drug-likeness (QED) is 0.665. The number of hydrogen-bond donors (Lipinski definition) is 3. The van der Waals surface area contributed by atoms with Crippen molar-refractivity contribution in [3.05, 3.63) is 29.8 Å². The number of carbonyl (C=O) groups is 1. The van der Waals surface area contributed by atoms with Crippen LogP contribution >= 0.6 is 0 Å². The van der Waals surface area contributed by atoms with Crippen molar-refractivity contribution in [2.24, 2.45) is 29.6 Å². The van der Waals surface area contributed by atoms with E-state index in [1.807, 2.05) is 0 Å². The molecule has 1 aromatic carbocycles. The highest BCUT2D eigenvalue weighted by Gasteiger charge is 2.47. The lowest BCUT2D eigenvalue weighted by Gasteiger charge is -2.54. The zero-order valence-corrected chi connectivity index (χ0v) is 15.1. The summed E-state index contributed by atoms with van der Waals surface area (Å²) in [6.07, 6.45) is 6.48. The molecule has 4 saturated carbocycles. The number of aromatic carboxylic acids is 1. The molecule has 4 aliphatic rings. The van der Waals surface area contributed by atoms with E-state index in [9.17, 15) is 9.90 Å². The summed E-state index contributed by atoms with van der Waals surface area (Å²) in [6.45, 7) is 1.56. The molecule has 4 aliphatic carbocycles. The van der Waals surface area contributed by atoms with Crippen molar-refractivity contribution in [3.63, 3.8) is 0 Å². The van der Waals surface area contributed by atoms with Crippen LogP contribution in [0.25, 0.3) is 0 Å². The summed E-state index contributed by atoms with van der Waals surface area (Å²) >= 11 is 0. The Labute approximate surface area is 154 Å². The van der Waals surface area contributed by atoms with E-state index >= 15 is 0 Å². The summed E-state index contributed by atoms with van der Waals surface area (Å²) in [5.74, 6) is 3.80. The first-order chi connectivity index (χ1) is 12.6. The molecule has 5 heteroatoms. The average Bonchev–Trinajstić information content (AvgIpc) is 2.62. The Morgan fingerprint density at radius 2 is 1.77 bits per heavy atom. The lowest BCUT2D eigenvalue weighted by Crippen LogP contribution is -2.49. The van der Waals surface area contributed by atoms with Gasteiger partial charge in [0.1, 0.15) is 24.0 Å². The Bertz CT molecular complexity index is 619. The summed E-state index contributed by atoms with van der Waals surface area (Å²) < 4.78 is 5.53. The van der Waals surface area contributed by atoms with Gasteiger partial charge in [0.05, 0.1) is 0 Å². The van der Waals surface area contributed by atoms with Crippen LogP contribution in [-0.2, 0) is 0 Å². The van der Waals surface area contributed by atoms with E-state index in [1.165, 1.54) is 38.2 Å². The Hall–Kier alpha value is -1.59. The summed E-state index contributed by atoms with van der Waals surface area (Å²) in [5, 5.41) is 22.8. The molecule has 1 unspecified atom stereocenters. The van der Waals surface area contributed by atoms with E-state index in [0.29, 0.717) is 12.3 Å².